The van der Waals surface area contributed by atoms with Gasteiger partial charge in [0.2, 0.25) is 11.8 Å². The van der Waals surface area contributed by atoms with Gasteiger partial charge >= 0.3 is 0 Å². The van der Waals surface area contributed by atoms with Gasteiger partial charge in [-0.1, -0.05) is 16.8 Å². The SMILES string of the molecule is COc1ccc(C2=NO[C@@H]3[C@@H]4O[C@H]([C@H]23)[C@H]2C(=O)N(c3ccc(Cl)cc3)C(=O)[C@@H]42)c(OC)c1. The predicted molar refractivity (Wildman–Crippen MR) is 114 cm³/mol. The molecule has 164 valence electrons. The first-order valence-electron chi connectivity index (χ1n) is 10.3. The number of carbonyl (C=O) groups excluding carboxylic acids is 2. The Kier molecular flexibility index (Phi) is 4.25. The van der Waals surface area contributed by atoms with Crippen LogP contribution in [0.5, 0.6) is 11.5 Å². The van der Waals surface area contributed by atoms with E-state index in [0.29, 0.717) is 27.9 Å². The van der Waals surface area contributed by atoms with Crippen LogP contribution in [0.3, 0.4) is 0 Å². The molecule has 2 bridgehead atoms. The van der Waals surface area contributed by atoms with Crippen molar-refractivity contribution in [1.82, 2.24) is 0 Å². The van der Waals surface area contributed by atoms with Crippen molar-refractivity contribution in [2.45, 2.75) is 18.3 Å². The lowest BCUT2D eigenvalue weighted by Crippen LogP contribution is -2.45. The second-order valence-corrected chi connectivity index (χ2v) is 8.68. The highest BCUT2D eigenvalue weighted by Crippen LogP contribution is 2.55. The molecule has 0 spiro atoms. The maximum absolute atomic E-state index is 13.4. The molecule has 0 N–H and O–H groups in total. The van der Waals surface area contributed by atoms with Crippen LogP contribution < -0.4 is 14.4 Å². The van der Waals surface area contributed by atoms with Crippen LogP contribution in [0.2, 0.25) is 5.02 Å². The fourth-order valence-corrected chi connectivity index (χ4v) is 5.56. The van der Waals surface area contributed by atoms with Crippen molar-refractivity contribution in [2.75, 3.05) is 19.1 Å². The summed E-state index contributed by atoms with van der Waals surface area (Å²) in [5.41, 5.74) is 1.92. The summed E-state index contributed by atoms with van der Waals surface area (Å²) in [7, 11) is 3.16. The Labute approximate surface area is 188 Å². The van der Waals surface area contributed by atoms with Crippen molar-refractivity contribution >= 4 is 34.8 Å². The van der Waals surface area contributed by atoms with Crippen LogP contribution >= 0.6 is 11.6 Å². The van der Waals surface area contributed by atoms with Gasteiger partial charge in [-0.3, -0.25) is 9.59 Å². The molecule has 3 fully saturated rings. The maximum Gasteiger partial charge on any atom is 0.240 e. The Bertz CT molecular complexity index is 1170. The molecule has 2 amide bonds. The summed E-state index contributed by atoms with van der Waals surface area (Å²) in [6.07, 6.45) is -1.46. The zero-order valence-electron chi connectivity index (χ0n) is 17.2. The number of carbonyl (C=O) groups is 2. The number of amides is 2. The summed E-state index contributed by atoms with van der Waals surface area (Å²) in [5, 5.41) is 4.86. The molecule has 2 aromatic rings. The topological polar surface area (TPSA) is 86.7 Å². The van der Waals surface area contributed by atoms with E-state index in [-0.39, 0.29) is 17.7 Å². The largest absolute Gasteiger partial charge is 0.497 e. The van der Waals surface area contributed by atoms with Crippen molar-refractivity contribution in [3.8, 4) is 11.5 Å². The molecule has 6 atom stereocenters. The van der Waals surface area contributed by atoms with Gasteiger partial charge in [0.25, 0.3) is 0 Å². The minimum absolute atomic E-state index is 0.263. The fraction of sp³-hybridized carbons (Fsp3) is 0.348. The Morgan fingerprint density at radius 2 is 1.62 bits per heavy atom. The number of oxime groups is 1. The number of rotatable bonds is 4. The minimum Gasteiger partial charge on any atom is -0.497 e. The third-order valence-electron chi connectivity index (χ3n) is 6.81. The van der Waals surface area contributed by atoms with Gasteiger partial charge in [0.15, 0.2) is 6.10 Å². The third kappa shape index (κ3) is 2.50. The summed E-state index contributed by atoms with van der Waals surface area (Å²) < 4.78 is 17.0. The van der Waals surface area contributed by atoms with Crippen molar-refractivity contribution in [1.29, 1.82) is 0 Å². The normalized spacial score (nSPS) is 32.0. The molecular formula is C23H19ClN2O6. The zero-order valence-corrected chi connectivity index (χ0v) is 18.0. The molecule has 6 rings (SSSR count). The molecule has 8 nitrogen and oxygen atoms in total. The number of hydrogen-bond acceptors (Lipinski definition) is 7. The summed E-state index contributed by atoms with van der Waals surface area (Å²) in [6, 6.07) is 12.1. The number of nitrogens with zero attached hydrogens (tertiary/aromatic N) is 2. The molecule has 9 heteroatoms. The number of methoxy groups -OCH3 is 2. The Morgan fingerprint density at radius 3 is 2.31 bits per heavy atom. The first-order valence-corrected chi connectivity index (χ1v) is 10.7. The number of fused-ring (bicyclic) bond motifs is 8. The molecule has 4 aliphatic rings. The average molecular weight is 455 g/mol. The number of ether oxygens (including phenoxy) is 3. The zero-order chi connectivity index (χ0) is 22.1. The number of benzene rings is 2. The van der Waals surface area contributed by atoms with Gasteiger partial charge < -0.3 is 19.0 Å². The Hall–Kier alpha value is -3.10. The van der Waals surface area contributed by atoms with Crippen molar-refractivity contribution in [2.24, 2.45) is 22.9 Å². The quantitative estimate of drug-likeness (QED) is 0.660. The number of halogens is 1. The smallest absolute Gasteiger partial charge is 0.240 e. The molecule has 4 heterocycles. The van der Waals surface area contributed by atoms with E-state index in [1.165, 1.54) is 4.90 Å². The van der Waals surface area contributed by atoms with Gasteiger partial charge in [-0.15, -0.1) is 0 Å². The van der Waals surface area contributed by atoms with E-state index in [1.54, 1.807) is 44.6 Å². The highest BCUT2D eigenvalue weighted by atomic mass is 35.5. The highest BCUT2D eigenvalue weighted by Gasteiger charge is 2.72. The van der Waals surface area contributed by atoms with E-state index in [1.807, 2.05) is 12.1 Å². The van der Waals surface area contributed by atoms with Crippen molar-refractivity contribution < 1.29 is 28.6 Å². The van der Waals surface area contributed by atoms with Gasteiger partial charge in [-0.25, -0.2) is 4.90 Å². The van der Waals surface area contributed by atoms with E-state index in [2.05, 4.69) is 5.16 Å². The summed E-state index contributed by atoms with van der Waals surface area (Å²) in [4.78, 5) is 33.6. The van der Waals surface area contributed by atoms with E-state index >= 15 is 0 Å². The lowest BCUT2D eigenvalue weighted by Gasteiger charge is -2.26. The van der Waals surface area contributed by atoms with E-state index < -0.39 is 30.1 Å². The van der Waals surface area contributed by atoms with Crippen LogP contribution in [0.4, 0.5) is 5.69 Å². The Balaban J connectivity index is 1.35. The van der Waals surface area contributed by atoms with Crippen LogP contribution in [0.1, 0.15) is 5.56 Å². The minimum atomic E-state index is -0.586. The second-order valence-electron chi connectivity index (χ2n) is 8.24. The van der Waals surface area contributed by atoms with Gasteiger partial charge in [0, 0.05) is 16.7 Å². The highest BCUT2D eigenvalue weighted by molar-refractivity contribution is 6.31. The van der Waals surface area contributed by atoms with Gasteiger partial charge in [-0.2, -0.15) is 0 Å². The number of hydrogen-bond donors (Lipinski definition) is 0. The first-order chi connectivity index (χ1) is 15.5. The lowest BCUT2D eigenvalue weighted by atomic mass is 9.71. The summed E-state index contributed by atoms with van der Waals surface area (Å²) >= 11 is 5.97. The van der Waals surface area contributed by atoms with E-state index in [0.717, 1.165) is 5.56 Å². The van der Waals surface area contributed by atoms with E-state index in [4.69, 9.17) is 30.6 Å². The van der Waals surface area contributed by atoms with Crippen LogP contribution in [0.15, 0.2) is 47.6 Å². The summed E-state index contributed by atoms with van der Waals surface area (Å²) in [6.45, 7) is 0. The standard InChI is InChI=1S/C23H19ClN2O6/c1-29-12-7-8-13(14(9-12)30-2)18-17-19-15-16(20(31-19)21(17)32-25-18)23(28)26(22(15)27)11-5-3-10(24)4-6-11/h3-9,15-17,19-21H,1-2H3/t15-,16+,17-,19-,20+,21-/m0/s1. The molecule has 0 unspecified atom stereocenters. The van der Waals surface area contributed by atoms with Crippen LogP contribution in [-0.4, -0.2) is 50.1 Å². The van der Waals surface area contributed by atoms with E-state index in [9.17, 15) is 9.59 Å². The van der Waals surface area contributed by atoms with Gasteiger partial charge in [0.1, 0.15) is 23.3 Å². The molecule has 3 saturated heterocycles. The Morgan fingerprint density at radius 1 is 0.906 bits per heavy atom. The first kappa shape index (κ1) is 19.6. The number of imide groups is 1. The maximum atomic E-state index is 13.4. The van der Waals surface area contributed by atoms with Crippen LogP contribution in [0, 0.1) is 17.8 Å². The molecule has 2 aromatic carbocycles. The van der Waals surface area contributed by atoms with Crippen LogP contribution in [-0.2, 0) is 19.2 Å². The third-order valence-corrected chi connectivity index (χ3v) is 7.06. The van der Waals surface area contributed by atoms with Crippen LogP contribution in [0.25, 0.3) is 0 Å². The predicted octanol–water partition coefficient (Wildman–Crippen LogP) is 2.66. The fourth-order valence-electron chi connectivity index (χ4n) is 5.43. The molecule has 0 aliphatic carbocycles. The monoisotopic (exact) mass is 454 g/mol. The van der Waals surface area contributed by atoms with Crippen molar-refractivity contribution in [3.05, 3.63) is 53.1 Å². The van der Waals surface area contributed by atoms with Crippen molar-refractivity contribution in [3.63, 3.8) is 0 Å². The average Bonchev–Trinajstić information content (AvgIpc) is 3.54. The molecule has 0 aromatic heterocycles. The number of anilines is 1. The lowest BCUT2D eigenvalue weighted by molar-refractivity contribution is -0.125. The summed E-state index contributed by atoms with van der Waals surface area (Å²) in [5.74, 6) is -0.735. The molecular weight excluding hydrogens is 436 g/mol. The second kappa shape index (κ2) is 6.95. The molecule has 32 heavy (non-hydrogen) atoms. The molecule has 0 radical (unpaired) electrons. The van der Waals surface area contributed by atoms with Gasteiger partial charge in [0.05, 0.1) is 43.8 Å². The molecule has 0 saturated carbocycles. The molecule has 4 aliphatic heterocycles. The van der Waals surface area contributed by atoms with Gasteiger partial charge in [-0.05, 0) is 36.4 Å².